The monoisotopic (exact) mass is 818 g/mol. The smallest absolute Gasteiger partial charge is 0.462 e. The van der Waals surface area contributed by atoms with E-state index in [1.54, 1.807) is 6.08 Å². The van der Waals surface area contributed by atoms with Crippen LogP contribution in [0, 0.1) is 11.8 Å². The van der Waals surface area contributed by atoms with Crippen molar-refractivity contribution in [3.8, 4) is 0 Å². The first-order valence-electron chi connectivity index (χ1n) is 22.1. The molecule has 1 rings (SSSR count). The molecule has 0 aromatic heterocycles. The van der Waals surface area contributed by atoms with Crippen LogP contribution >= 0.6 is 7.82 Å². The number of ether oxygens (including phenoxy) is 2. The number of carbonyl (C=O) groups excluding carboxylic acids is 2. The summed E-state index contributed by atoms with van der Waals surface area (Å²) in [7, 11) is -4.44. The topological polar surface area (TPSA) is 195 Å². The van der Waals surface area contributed by atoms with Gasteiger partial charge in [0.05, 0.1) is 31.5 Å². The van der Waals surface area contributed by atoms with Crippen LogP contribution in [0.15, 0.2) is 24.3 Å². The molecule has 0 bridgehead atoms. The summed E-state index contributed by atoms with van der Waals surface area (Å²) in [6, 6.07) is 0. The molecule has 13 heteroatoms. The summed E-state index contributed by atoms with van der Waals surface area (Å²) in [4.78, 5) is 35.0. The van der Waals surface area contributed by atoms with E-state index < -0.39 is 50.8 Å². The highest BCUT2D eigenvalue weighted by Gasteiger charge is 2.39. The van der Waals surface area contributed by atoms with Crippen LogP contribution in [-0.2, 0) is 32.7 Å². The lowest BCUT2D eigenvalue weighted by Crippen LogP contribution is -2.29. The summed E-state index contributed by atoms with van der Waals surface area (Å²) in [5.74, 6) is -1.43. The van der Waals surface area contributed by atoms with Crippen molar-refractivity contribution in [2.45, 2.75) is 199 Å². The molecule has 56 heavy (non-hydrogen) atoms. The van der Waals surface area contributed by atoms with E-state index in [4.69, 9.17) is 24.3 Å². The number of carbonyl (C=O) groups is 2. The minimum atomic E-state index is -4.44. The van der Waals surface area contributed by atoms with Gasteiger partial charge in [0.1, 0.15) is 6.61 Å². The van der Waals surface area contributed by atoms with E-state index in [1.165, 1.54) is 70.6 Å². The normalized spacial score (nSPS) is 20.8. The fourth-order valence-electron chi connectivity index (χ4n) is 7.04. The van der Waals surface area contributed by atoms with Gasteiger partial charge in [-0.05, 0) is 38.0 Å². The van der Waals surface area contributed by atoms with Crippen molar-refractivity contribution in [1.82, 2.24) is 0 Å². The molecule has 1 saturated carbocycles. The lowest BCUT2D eigenvalue weighted by atomic mass is 9.89. The molecule has 0 spiro atoms. The number of hydrogen-bond donors (Lipinski definition) is 5. The van der Waals surface area contributed by atoms with Crippen LogP contribution < -0.4 is 5.73 Å². The molecule has 7 atom stereocenters. The highest BCUT2D eigenvalue weighted by Crippen LogP contribution is 2.43. The van der Waals surface area contributed by atoms with Crippen LogP contribution in [0.25, 0.3) is 0 Å². The van der Waals surface area contributed by atoms with Gasteiger partial charge < -0.3 is 35.4 Å². The predicted octanol–water partition coefficient (Wildman–Crippen LogP) is 8.77. The molecule has 0 heterocycles. The number of phosphoric acid groups is 1. The lowest BCUT2D eigenvalue weighted by Gasteiger charge is -2.20. The Morgan fingerprint density at radius 1 is 0.750 bits per heavy atom. The van der Waals surface area contributed by atoms with Gasteiger partial charge in [0, 0.05) is 31.7 Å². The highest BCUT2D eigenvalue weighted by molar-refractivity contribution is 7.47. The van der Waals surface area contributed by atoms with Crippen molar-refractivity contribution in [1.29, 1.82) is 0 Å². The zero-order chi connectivity index (χ0) is 41.3. The fourth-order valence-corrected chi connectivity index (χ4v) is 7.81. The number of allylic oxidation sites excluding steroid dienone is 2. The summed E-state index contributed by atoms with van der Waals surface area (Å²) in [5.41, 5.74) is 5.34. The third-order valence-electron chi connectivity index (χ3n) is 10.4. The van der Waals surface area contributed by atoms with Crippen LogP contribution in [0.5, 0.6) is 0 Å². The molecule has 1 fully saturated rings. The molecule has 1 aliphatic carbocycles. The number of phosphoric ester groups is 1. The second kappa shape index (κ2) is 34.3. The van der Waals surface area contributed by atoms with Gasteiger partial charge in [-0.2, -0.15) is 0 Å². The van der Waals surface area contributed by atoms with E-state index in [1.807, 2.05) is 18.2 Å². The Kier molecular flexibility index (Phi) is 32.0. The maximum Gasteiger partial charge on any atom is 0.472 e. The Morgan fingerprint density at radius 2 is 1.32 bits per heavy atom. The second-order valence-electron chi connectivity index (χ2n) is 15.5. The number of aliphatic hydroxyl groups is 3. The Hall–Kier alpha value is -1.63. The SMILES string of the molecule is CCCCCCCCCCCCCCCCCC(=O)OC[C@H](COP(=O)(O)OCCN)OC(=O)CCC/C=C/C[C@@H]1[C@@H](/C=C/[C@@H](O)CCCCC)[C@H](O)C[C@@H]1O. The van der Waals surface area contributed by atoms with Gasteiger partial charge in [-0.3, -0.25) is 18.6 Å². The molecule has 12 nitrogen and oxygen atoms in total. The van der Waals surface area contributed by atoms with Crippen molar-refractivity contribution in [3.63, 3.8) is 0 Å². The molecule has 6 N–H and O–H groups in total. The van der Waals surface area contributed by atoms with E-state index in [9.17, 15) is 34.4 Å². The highest BCUT2D eigenvalue weighted by atomic mass is 31.2. The molecule has 1 unspecified atom stereocenters. The zero-order valence-corrected chi connectivity index (χ0v) is 35.8. The molecule has 0 aromatic rings. The van der Waals surface area contributed by atoms with Gasteiger partial charge in [-0.25, -0.2) is 4.57 Å². The van der Waals surface area contributed by atoms with Crippen molar-refractivity contribution in [3.05, 3.63) is 24.3 Å². The van der Waals surface area contributed by atoms with Crippen LogP contribution in [0.2, 0.25) is 0 Å². The molecule has 328 valence electrons. The largest absolute Gasteiger partial charge is 0.472 e. The standard InChI is InChI=1S/C43H80NO11P/c1-3-5-7-8-9-10-11-12-13-14-15-16-17-18-23-27-42(48)52-34-37(35-54-56(50,51)53-32-31-44)55-43(49)28-24-20-19-22-26-38-39(41(47)33-40(38)46)30-29-36(45)25-21-6-4-2/h19,22,29-30,36-41,45-47H,3-18,20-21,23-28,31-35,44H2,1-2H3,(H,50,51)/b22-19+,30-29+/t36-,37+,38+,39+,40-,41+/m0/s1. The van der Waals surface area contributed by atoms with Crippen LogP contribution in [0.1, 0.15) is 174 Å². The van der Waals surface area contributed by atoms with E-state index in [2.05, 4.69) is 13.8 Å². The van der Waals surface area contributed by atoms with E-state index in [-0.39, 0.29) is 50.9 Å². The van der Waals surface area contributed by atoms with Gasteiger partial charge >= 0.3 is 19.8 Å². The van der Waals surface area contributed by atoms with Crippen molar-refractivity contribution < 1.29 is 52.9 Å². The second-order valence-corrected chi connectivity index (χ2v) is 17.0. The Labute approximate surface area is 339 Å². The number of nitrogens with two attached hydrogens (primary N) is 1. The molecular weight excluding hydrogens is 737 g/mol. The Morgan fingerprint density at radius 3 is 1.93 bits per heavy atom. The first kappa shape index (κ1) is 52.4. The molecule has 0 amide bonds. The minimum Gasteiger partial charge on any atom is -0.462 e. The number of aliphatic hydroxyl groups excluding tert-OH is 3. The number of hydrogen-bond acceptors (Lipinski definition) is 11. The number of unbranched alkanes of at least 4 members (excludes halogenated alkanes) is 17. The summed E-state index contributed by atoms with van der Waals surface area (Å²) >= 11 is 0. The van der Waals surface area contributed by atoms with Crippen LogP contribution in [0.4, 0.5) is 0 Å². The van der Waals surface area contributed by atoms with E-state index >= 15 is 0 Å². The first-order valence-corrected chi connectivity index (χ1v) is 23.6. The predicted molar refractivity (Wildman–Crippen MR) is 222 cm³/mol. The quantitative estimate of drug-likeness (QED) is 0.0173. The van der Waals surface area contributed by atoms with Gasteiger partial charge in [0.25, 0.3) is 0 Å². The van der Waals surface area contributed by atoms with Crippen molar-refractivity contribution in [2.75, 3.05) is 26.4 Å². The molecule has 0 radical (unpaired) electrons. The maximum atomic E-state index is 12.7. The third kappa shape index (κ3) is 27.9. The average molecular weight is 818 g/mol. The van der Waals surface area contributed by atoms with Gasteiger partial charge in [-0.1, -0.05) is 147 Å². The number of rotatable bonds is 37. The van der Waals surface area contributed by atoms with E-state index in [0.717, 1.165) is 38.5 Å². The van der Waals surface area contributed by atoms with Crippen molar-refractivity contribution >= 4 is 19.8 Å². The first-order chi connectivity index (χ1) is 27.0. The summed E-state index contributed by atoms with van der Waals surface area (Å²) < 4.78 is 32.8. The van der Waals surface area contributed by atoms with Crippen LogP contribution in [-0.4, -0.2) is 82.9 Å². The third-order valence-corrected chi connectivity index (χ3v) is 11.4. The Bertz CT molecular complexity index is 1090. The lowest BCUT2D eigenvalue weighted by molar-refractivity contribution is -0.161. The number of esters is 2. The molecule has 0 saturated heterocycles. The minimum absolute atomic E-state index is 0.0157. The van der Waals surface area contributed by atoms with Crippen LogP contribution in [0.3, 0.4) is 0 Å². The summed E-state index contributed by atoms with van der Waals surface area (Å²) in [6.07, 6.45) is 28.7. The summed E-state index contributed by atoms with van der Waals surface area (Å²) in [5, 5.41) is 31.3. The Balaban J connectivity index is 2.40. The summed E-state index contributed by atoms with van der Waals surface area (Å²) in [6.45, 7) is 3.36. The molecular formula is C43H80NO11P. The maximum absolute atomic E-state index is 12.7. The van der Waals surface area contributed by atoms with E-state index in [0.29, 0.717) is 32.1 Å². The molecule has 0 aromatic carbocycles. The van der Waals surface area contributed by atoms with Gasteiger partial charge in [0.2, 0.25) is 0 Å². The molecule has 1 aliphatic rings. The van der Waals surface area contributed by atoms with Gasteiger partial charge in [0.15, 0.2) is 6.10 Å². The van der Waals surface area contributed by atoms with Gasteiger partial charge in [-0.15, -0.1) is 0 Å². The van der Waals surface area contributed by atoms with Crippen molar-refractivity contribution in [2.24, 2.45) is 17.6 Å². The average Bonchev–Trinajstić information content (AvgIpc) is 3.44. The molecule has 0 aliphatic heterocycles. The zero-order valence-electron chi connectivity index (χ0n) is 35.0. The fraction of sp³-hybridized carbons (Fsp3) is 0.860.